The maximum absolute atomic E-state index is 13.7. The minimum Gasteiger partial charge on any atom is -0.343 e. The number of nitrogens with zero attached hydrogens (tertiary/aromatic N) is 2. The van der Waals surface area contributed by atoms with Crippen LogP contribution >= 0.6 is 0 Å². The molecule has 5 aliphatic rings. The molecule has 3 aliphatic heterocycles. The molecule has 38 heavy (non-hydrogen) atoms. The lowest BCUT2D eigenvalue weighted by atomic mass is 9.94. The van der Waals surface area contributed by atoms with Crippen molar-refractivity contribution in [2.75, 3.05) is 19.6 Å². The number of carbonyl (C=O) groups excluding carboxylic acids is 4. The van der Waals surface area contributed by atoms with Gasteiger partial charge in [-0.25, -0.2) is 8.42 Å². The van der Waals surface area contributed by atoms with E-state index in [0.29, 0.717) is 45.1 Å². The second-order valence-corrected chi connectivity index (χ2v) is 13.7. The molecule has 0 bridgehead atoms. The zero-order chi connectivity index (χ0) is 26.9. The SMILES string of the molecule is O=C1N[C@]2(C(=O)NS(=O)(=O)C3CC3)C[C@H]2/C=C\CCCCC[C@H](CC(=O)N2CCCC2)C(=O)N2CCC[C@@H]12. The summed E-state index contributed by atoms with van der Waals surface area (Å²) in [5.74, 6) is -2.03. The minimum atomic E-state index is -3.76. The second-order valence-electron chi connectivity index (χ2n) is 11.7. The van der Waals surface area contributed by atoms with Crippen LogP contribution in [0.1, 0.15) is 83.5 Å². The Morgan fingerprint density at radius 3 is 2.47 bits per heavy atom. The van der Waals surface area contributed by atoms with Gasteiger partial charge in [0, 0.05) is 37.9 Å². The molecule has 11 heteroatoms. The molecule has 0 spiro atoms. The molecule has 210 valence electrons. The van der Waals surface area contributed by atoms with E-state index in [4.69, 9.17) is 0 Å². The number of carbonyl (C=O) groups is 4. The number of nitrogens with one attached hydrogen (secondary N) is 2. The van der Waals surface area contributed by atoms with Gasteiger partial charge < -0.3 is 15.1 Å². The molecule has 0 radical (unpaired) electrons. The predicted molar refractivity (Wildman–Crippen MR) is 140 cm³/mol. The number of hydrogen-bond acceptors (Lipinski definition) is 6. The van der Waals surface area contributed by atoms with Crippen LogP contribution in [-0.2, 0) is 29.2 Å². The van der Waals surface area contributed by atoms with Crippen LogP contribution in [0.15, 0.2) is 12.2 Å². The van der Waals surface area contributed by atoms with Crippen LogP contribution in [0.25, 0.3) is 0 Å². The van der Waals surface area contributed by atoms with Crippen LogP contribution < -0.4 is 10.0 Å². The number of sulfonamides is 1. The predicted octanol–water partition coefficient (Wildman–Crippen LogP) is 1.61. The first kappa shape index (κ1) is 27.1. The summed E-state index contributed by atoms with van der Waals surface area (Å²) in [6.45, 7) is 1.91. The largest absolute Gasteiger partial charge is 0.343 e. The van der Waals surface area contributed by atoms with Crippen molar-refractivity contribution in [3.8, 4) is 0 Å². The first-order valence-corrected chi connectivity index (χ1v) is 15.9. The van der Waals surface area contributed by atoms with Crippen molar-refractivity contribution in [2.45, 2.75) is 100 Å². The molecule has 2 aliphatic carbocycles. The van der Waals surface area contributed by atoms with Crippen LogP contribution in [0, 0.1) is 11.8 Å². The smallest absolute Gasteiger partial charge is 0.259 e. The lowest BCUT2D eigenvalue weighted by Crippen LogP contribution is -2.57. The summed E-state index contributed by atoms with van der Waals surface area (Å²) in [7, 11) is -3.76. The van der Waals surface area contributed by atoms with Gasteiger partial charge >= 0.3 is 0 Å². The zero-order valence-corrected chi connectivity index (χ0v) is 22.8. The third kappa shape index (κ3) is 5.77. The normalized spacial score (nSPS) is 33.4. The van der Waals surface area contributed by atoms with Crippen molar-refractivity contribution >= 4 is 33.7 Å². The van der Waals surface area contributed by atoms with Gasteiger partial charge in [0.15, 0.2) is 0 Å². The summed E-state index contributed by atoms with van der Waals surface area (Å²) >= 11 is 0. The van der Waals surface area contributed by atoms with Crippen molar-refractivity contribution in [3.05, 3.63) is 12.2 Å². The van der Waals surface area contributed by atoms with Gasteiger partial charge in [0.2, 0.25) is 27.7 Å². The average Bonchev–Trinajstić information content (AvgIpc) is 3.72. The van der Waals surface area contributed by atoms with Gasteiger partial charge in [-0.3, -0.25) is 23.9 Å². The van der Waals surface area contributed by atoms with Crippen LogP contribution in [-0.4, -0.2) is 78.3 Å². The molecule has 2 saturated carbocycles. The minimum absolute atomic E-state index is 0.00946. The van der Waals surface area contributed by atoms with Crippen molar-refractivity contribution in [2.24, 2.45) is 11.8 Å². The molecule has 4 amide bonds. The molecule has 0 unspecified atom stereocenters. The highest BCUT2D eigenvalue weighted by molar-refractivity contribution is 7.91. The summed E-state index contributed by atoms with van der Waals surface area (Å²) in [5, 5.41) is 2.33. The Bertz CT molecular complexity index is 1100. The molecule has 0 aromatic heterocycles. The molecule has 0 aromatic rings. The van der Waals surface area contributed by atoms with Gasteiger partial charge in [0.25, 0.3) is 5.91 Å². The van der Waals surface area contributed by atoms with Crippen molar-refractivity contribution < 1.29 is 27.6 Å². The Kier molecular flexibility index (Phi) is 7.84. The number of fused-ring (bicyclic) bond motifs is 2. The molecule has 4 fully saturated rings. The number of hydrogen-bond donors (Lipinski definition) is 2. The van der Waals surface area contributed by atoms with Crippen LogP contribution in [0.4, 0.5) is 0 Å². The third-order valence-corrected chi connectivity index (χ3v) is 10.6. The summed E-state index contributed by atoms with van der Waals surface area (Å²) < 4.78 is 27.2. The fourth-order valence-electron chi connectivity index (χ4n) is 6.21. The summed E-state index contributed by atoms with van der Waals surface area (Å²) in [5.41, 5.74) is -1.32. The Labute approximate surface area is 225 Å². The van der Waals surface area contributed by atoms with Gasteiger partial charge in [-0.2, -0.15) is 0 Å². The van der Waals surface area contributed by atoms with E-state index in [2.05, 4.69) is 10.0 Å². The maximum Gasteiger partial charge on any atom is 0.259 e. The molecule has 5 rings (SSSR count). The van der Waals surface area contributed by atoms with Gasteiger partial charge in [0.1, 0.15) is 11.6 Å². The maximum atomic E-state index is 13.7. The van der Waals surface area contributed by atoms with Crippen LogP contribution in [0.5, 0.6) is 0 Å². The molecular formula is C27H40N4O6S. The number of allylic oxidation sites excluding steroid dienone is 1. The Morgan fingerprint density at radius 2 is 1.74 bits per heavy atom. The molecule has 0 aromatic carbocycles. The van der Waals surface area contributed by atoms with Gasteiger partial charge in [-0.15, -0.1) is 0 Å². The average molecular weight is 549 g/mol. The molecule has 10 nitrogen and oxygen atoms in total. The van der Waals surface area contributed by atoms with E-state index in [-0.39, 0.29) is 24.2 Å². The Morgan fingerprint density at radius 1 is 0.974 bits per heavy atom. The summed E-state index contributed by atoms with van der Waals surface area (Å²) in [6, 6.07) is -0.730. The van der Waals surface area contributed by atoms with E-state index < -0.39 is 44.6 Å². The van der Waals surface area contributed by atoms with Crippen molar-refractivity contribution in [1.29, 1.82) is 0 Å². The zero-order valence-electron chi connectivity index (χ0n) is 22.0. The van der Waals surface area contributed by atoms with Crippen LogP contribution in [0.2, 0.25) is 0 Å². The number of amides is 4. The monoisotopic (exact) mass is 548 g/mol. The standard InChI is InChI=1S/C27H40N4O6S/c32-23(30-14-6-7-15-30)17-19-9-4-2-1-3-5-10-20-18-27(20,26(35)29-38(36,37)21-12-13-21)28-24(33)22-11-8-16-31(22)25(19)34/h5,10,19-22H,1-4,6-9,11-18H2,(H,28,33)(H,29,35)/b10-5-/t19-,20-,22+,27-/m1/s1. The first-order valence-electron chi connectivity index (χ1n) is 14.3. The molecule has 2 N–H and O–H groups in total. The second kappa shape index (κ2) is 11.0. The quantitative estimate of drug-likeness (QED) is 0.502. The van der Waals surface area contributed by atoms with E-state index >= 15 is 0 Å². The van der Waals surface area contributed by atoms with E-state index in [0.717, 1.165) is 51.6 Å². The number of rotatable bonds is 5. The van der Waals surface area contributed by atoms with Crippen LogP contribution in [0.3, 0.4) is 0 Å². The summed E-state index contributed by atoms with van der Waals surface area (Å²) in [4.78, 5) is 56.9. The van der Waals surface area contributed by atoms with E-state index in [1.54, 1.807) is 4.90 Å². The fraction of sp³-hybridized carbons (Fsp3) is 0.778. The Hall–Kier alpha value is -2.43. The van der Waals surface area contributed by atoms with Crippen molar-refractivity contribution in [1.82, 2.24) is 19.8 Å². The lowest BCUT2D eigenvalue weighted by Gasteiger charge is -2.30. The highest BCUT2D eigenvalue weighted by Gasteiger charge is 2.61. The fourth-order valence-corrected chi connectivity index (χ4v) is 7.58. The van der Waals surface area contributed by atoms with E-state index in [1.807, 2.05) is 17.1 Å². The van der Waals surface area contributed by atoms with E-state index in [9.17, 15) is 27.6 Å². The number of likely N-dealkylation sites (tertiary alicyclic amines) is 1. The van der Waals surface area contributed by atoms with Gasteiger partial charge in [-0.1, -0.05) is 25.0 Å². The van der Waals surface area contributed by atoms with E-state index in [1.165, 1.54) is 0 Å². The van der Waals surface area contributed by atoms with Crippen molar-refractivity contribution in [3.63, 3.8) is 0 Å². The topological polar surface area (TPSA) is 133 Å². The Balaban J connectivity index is 1.34. The summed E-state index contributed by atoms with van der Waals surface area (Å²) in [6.07, 6.45) is 12.7. The molecule has 2 saturated heterocycles. The lowest BCUT2D eigenvalue weighted by molar-refractivity contribution is -0.145. The third-order valence-electron chi connectivity index (χ3n) is 8.82. The highest BCUT2D eigenvalue weighted by atomic mass is 32.2. The molecule has 4 atom stereocenters. The molecule has 3 heterocycles. The first-order chi connectivity index (χ1) is 18.2. The molecular weight excluding hydrogens is 508 g/mol. The highest BCUT2D eigenvalue weighted by Crippen LogP contribution is 2.46. The van der Waals surface area contributed by atoms with Gasteiger partial charge in [0.05, 0.1) is 5.25 Å². The van der Waals surface area contributed by atoms with Gasteiger partial charge in [-0.05, 0) is 64.2 Å².